The number of benzene rings is 3. The molecule has 51 heavy (non-hydrogen) atoms. The predicted molar refractivity (Wildman–Crippen MR) is 191 cm³/mol. The van der Waals surface area contributed by atoms with Crippen LogP contribution in [0, 0.1) is 0 Å². The highest BCUT2D eigenvalue weighted by Crippen LogP contribution is 2.47. The number of hydrogen-bond donors (Lipinski definition) is 2. The molecule has 266 valence electrons. The zero-order valence-electron chi connectivity index (χ0n) is 27.6. The summed E-state index contributed by atoms with van der Waals surface area (Å²) in [5, 5.41) is 0.634. The molecule has 2 N–H and O–H groups in total. The molecular weight excluding hydrogens is 715 g/mol. The average molecular weight is 752 g/mol. The van der Waals surface area contributed by atoms with Crippen molar-refractivity contribution in [3.05, 3.63) is 135 Å². The highest BCUT2D eigenvalue weighted by atomic mass is 35.5. The summed E-state index contributed by atoms with van der Waals surface area (Å²) in [5.41, 5.74) is 5.48. The Bertz CT molecular complexity index is 2020. The Labute approximate surface area is 306 Å². The first-order valence-corrected chi connectivity index (χ1v) is 19.1. The normalized spacial score (nSPS) is 20.4. The number of sulfonamides is 1. The van der Waals surface area contributed by atoms with E-state index in [9.17, 15) is 22.8 Å². The van der Waals surface area contributed by atoms with Gasteiger partial charge in [-0.3, -0.25) is 19.4 Å². The number of nitrogens with one attached hydrogen (secondary N) is 2. The van der Waals surface area contributed by atoms with Gasteiger partial charge >= 0.3 is 5.97 Å². The Morgan fingerprint density at radius 3 is 2.39 bits per heavy atom. The zero-order valence-corrected chi connectivity index (χ0v) is 30.0. The number of halogens is 2. The van der Waals surface area contributed by atoms with Crippen LogP contribution in [0.4, 0.5) is 0 Å². The van der Waals surface area contributed by atoms with Crippen molar-refractivity contribution in [1.29, 1.82) is 0 Å². The third-order valence-electron chi connectivity index (χ3n) is 9.05. The van der Waals surface area contributed by atoms with Crippen molar-refractivity contribution in [3.8, 4) is 0 Å². The molecule has 2 amide bonds. The SMILES string of the molecule is CS(=O)(=O)N[C@H]1CCCC[C@@H]1N1C(=O)c2ccccc2[C@@H](C(=O)NOCc2ccc(COC(=O)c3ccccc3)cn2)[C@@H]1c1ccc(Cl)cc1Cl. The minimum atomic E-state index is -3.62. The third-order valence-corrected chi connectivity index (χ3v) is 10.3. The van der Waals surface area contributed by atoms with E-state index in [1.807, 2.05) is 6.07 Å². The van der Waals surface area contributed by atoms with Crippen LogP contribution in [0.25, 0.3) is 0 Å². The van der Waals surface area contributed by atoms with Gasteiger partial charge in [-0.25, -0.2) is 23.4 Å². The number of carbonyl (C=O) groups is 3. The van der Waals surface area contributed by atoms with E-state index in [0.717, 1.165) is 19.1 Å². The molecule has 2 aliphatic rings. The van der Waals surface area contributed by atoms with Gasteiger partial charge in [0.05, 0.1) is 29.5 Å². The van der Waals surface area contributed by atoms with Crippen LogP contribution in [0.1, 0.15) is 80.7 Å². The van der Waals surface area contributed by atoms with Gasteiger partial charge in [-0.15, -0.1) is 0 Å². The van der Waals surface area contributed by atoms with Gasteiger partial charge in [0.25, 0.3) is 11.8 Å². The molecule has 0 spiro atoms. The molecule has 11 nitrogen and oxygen atoms in total. The van der Waals surface area contributed by atoms with Crippen LogP contribution < -0.4 is 10.2 Å². The van der Waals surface area contributed by atoms with Crippen LogP contribution in [-0.2, 0) is 37.6 Å². The van der Waals surface area contributed by atoms with Gasteiger partial charge < -0.3 is 9.64 Å². The molecule has 14 heteroatoms. The number of aromatic nitrogens is 1. The maximum Gasteiger partial charge on any atom is 0.338 e. The molecule has 1 saturated carbocycles. The first-order chi connectivity index (χ1) is 24.5. The van der Waals surface area contributed by atoms with Crippen molar-refractivity contribution in [2.24, 2.45) is 0 Å². The summed E-state index contributed by atoms with van der Waals surface area (Å²) >= 11 is 13.1. The number of fused-ring (bicyclic) bond motifs is 1. The van der Waals surface area contributed by atoms with E-state index in [4.69, 9.17) is 32.8 Å². The Balaban J connectivity index is 1.24. The Hall–Kier alpha value is -4.33. The fourth-order valence-electron chi connectivity index (χ4n) is 6.81. The molecule has 4 aromatic rings. The van der Waals surface area contributed by atoms with Gasteiger partial charge in [0.2, 0.25) is 10.0 Å². The summed E-state index contributed by atoms with van der Waals surface area (Å²) in [6.07, 6.45) is 5.23. The molecule has 1 fully saturated rings. The highest BCUT2D eigenvalue weighted by molar-refractivity contribution is 7.88. The van der Waals surface area contributed by atoms with Crippen molar-refractivity contribution >= 4 is 51.0 Å². The lowest BCUT2D eigenvalue weighted by atomic mass is 9.76. The number of carbonyl (C=O) groups excluding carboxylic acids is 3. The first kappa shape index (κ1) is 36.5. The minimum Gasteiger partial charge on any atom is -0.457 e. The first-order valence-electron chi connectivity index (χ1n) is 16.4. The van der Waals surface area contributed by atoms with Gasteiger partial charge in [-0.2, -0.15) is 0 Å². The smallest absolute Gasteiger partial charge is 0.338 e. The maximum atomic E-state index is 14.4. The van der Waals surface area contributed by atoms with Gasteiger partial charge in [-0.1, -0.05) is 84.6 Å². The van der Waals surface area contributed by atoms with Crippen LogP contribution in [0.3, 0.4) is 0 Å². The molecule has 0 unspecified atom stereocenters. The molecular formula is C37H36Cl2N4O7S. The molecule has 1 aliphatic heterocycles. The van der Waals surface area contributed by atoms with E-state index in [1.165, 1.54) is 0 Å². The van der Waals surface area contributed by atoms with Crippen LogP contribution >= 0.6 is 23.2 Å². The average Bonchev–Trinajstić information content (AvgIpc) is 3.11. The van der Waals surface area contributed by atoms with E-state index < -0.39 is 45.9 Å². The van der Waals surface area contributed by atoms with Crippen molar-refractivity contribution in [2.45, 2.75) is 62.9 Å². The van der Waals surface area contributed by atoms with Crippen molar-refractivity contribution in [3.63, 3.8) is 0 Å². The second-order valence-corrected chi connectivity index (χ2v) is 15.2. The Morgan fingerprint density at radius 2 is 1.67 bits per heavy atom. The van der Waals surface area contributed by atoms with Crippen molar-refractivity contribution in [1.82, 2.24) is 20.1 Å². The number of pyridine rings is 1. The van der Waals surface area contributed by atoms with Crippen molar-refractivity contribution in [2.75, 3.05) is 6.26 Å². The lowest BCUT2D eigenvalue weighted by Crippen LogP contribution is -2.59. The number of hydroxylamine groups is 1. The van der Waals surface area contributed by atoms with Crippen LogP contribution in [0.2, 0.25) is 10.0 Å². The van der Waals surface area contributed by atoms with Gasteiger partial charge in [-0.05, 0) is 60.4 Å². The van der Waals surface area contributed by atoms with Crippen LogP contribution in [0.15, 0.2) is 91.1 Å². The second kappa shape index (κ2) is 15.9. The van der Waals surface area contributed by atoms with E-state index in [1.54, 1.807) is 90.0 Å². The second-order valence-electron chi connectivity index (χ2n) is 12.6. The molecule has 1 aliphatic carbocycles. The molecule has 0 bridgehead atoms. The summed E-state index contributed by atoms with van der Waals surface area (Å²) in [5.74, 6) is -2.31. The quantitative estimate of drug-likeness (QED) is 0.138. The number of rotatable bonds is 11. The van der Waals surface area contributed by atoms with Crippen LogP contribution in [-0.4, -0.2) is 54.4 Å². The van der Waals surface area contributed by atoms with Gasteiger partial charge in [0.1, 0.15) is 13.2 Å². The molecule has 2 heterocycles. The van der Waals surface area contributed by atoms with Gasteiger partial charge in [0.15, 0.2) is 0 Å². The third kappa shape index (κ3) is 8.59. The van der Waals surface area contributed by atoms with E-state index in [-0.39, 0.29) is 24.1 Å². The molecule has 1 aromatic heterocycles. The summed E-state index contributed by atoms with van der Waals surface area (Å²) in [6.45, 7) is -0.0483. The number of esters is 1. The molecule has 4 atom stereocenters. The maximum absolute atomic E-state index is 14.4. The zero-order chi connectivity index (χ0) is 36.1. The lowest BCUT2D eigenvalue weighted by molar-refractivity contribution is -0.138. The van der Waals surface area contributed by atoms with Crippen LogP contribution in [0.5, 0.6) is 0 Å². The fourth-order valence-corrected chi connectivity index (χ4v) is 8.15. The predicted octanol–water partition coefficient (Wildman–Crippen LogP) is 6.13. The molecule has 0 saturated heterocycles. The molecule has 0 radical (unpaired) electrons. The molecule has 3 aromatic carbocycles. The van der Waals surface area contributed by atoms with E-state index in [0.29, 0.717) is 51.4 Å². The fraction of sp³-hybridized carbons (Fsp3) is 0.297. The summed E-state index contributed by atoms with van der Waals surface area (Å²) in [6, 6.07) is 21.8. The number of ether oxygens (including phenoxy) is 1. The standard InChI is InChI=1S/C37H36Cl2N4O7S/c1-51(47,48)42-31-13-7-8-14-32(31)43-34(29-18-16-25(38)19-30(29)39)33(27-11-5-6-12-28(27)36(43)45)35(44)41-50-22-26-17-15-23(20-40-26)21-49-37(46)24-9-3-2-4-10-24/h2-6,9-12,15-20,31-34,42H,7-8,13-14,21-22H2,1H3,(H,41,44)/t31-,32-,33+,34-/m0/s1. The largest absolute Gasteiger partial charge is 0.457 e. The summed E-state index contributed by atoms with van der Waals surface area (Å²) in [4.78, 5) is 52.6. The number of amides is 2. The van der Waals surface area contributed by atoms with E-state index >= 15 is 0 Å². The van der Waals surface area contributed by atoms with Crippen molar-refractivity contribution < 1.29 is 32.4 Å². The molecule has 6 rings (SSSR count). The van der Waals surface area contributed by atoms with E-state index in [2.05, 4.69) is 15.2 Å². The highest BCUT2D eigenvalue weighted by Gasteiger charge is 2.49. The summed E-state index contributed by atoms with van der Waals surface area (Å²) < 4.78 is 33.0. The Morgan fingerprint density at radius 1 is 0.922 bits per heavy atom. The Kier molecular flexibility index (Phi) is 11.4. The minimum absolute atomic E-state index is 0.0329. The topological polar surface area (TPSA) is 144 Å². The monoisotopic (exact) mass is 750 g/mol. The number of nitrogens with zero attached hydrogens (tertiary/aromatic N) is 2. The van der Waals surface area contributed by atoms with Gasteiger partial charge in [0, 0.05) is 39.5 Å². The lowest BCUT2D eigenvalue weighted by Gasteiger charge is -2.49. The number of hydrogen-bond acceptors (Lipinski definition) is 8. The summed E-state index contributed by atoms with van der Waals surface area (Å²) in [7, 11) is -3.62.